The molecule has 3 N–H and O–H groups in total. The number of fused-ring (bicyclic) bond motifs is 1. The lowest BCUT2D eigenvalue weighted by Crippen LogP contribution is -2.41. The molecule has 0 spiro atoms. The molecule has 112 valence electrons. The molecule has 1 saturated heterocycles. The minimum atomic E-state index is 0.143. The van der Waals surface area contributed by atoms with Gasteiger partial charge in [-0.1, -0.05) is 18.2 Å². The normalized spacial score (nSPS) is 18.8. The summed E-state index contributed by atoms with van der Waals surface area (Å²) < 4.78 is 0. The van der Waals surface area contributed by atoms with Gasteiger partial charge in [0, 0.05) is 30.2 Å². The Kier molecular flexibility index (Phi) is 4.25. The third-order valence-electron chi connectivity index (χ3n) is 4.37. The van der Waals surface area contributed by atoms with E-state index >= 15 is 0 Å². The summed E-state index contributed by atoms with van der Waals surface area (Å²) in [7, 11) is 0. The van der Waals surface area contributed by atoms with Crippen LogP contribution in [0.2, 0.25) is 0 Å². The van der Waals surface area contributed by atoms with Crippen LogP contribution in [0.15, 0.2) is 24.4 Å². The molecule has 1 unspecified atom stereocenters. The first-order valence-corrected chi connectivity index (χ1v) is 7.79. The van der Waals surface area contributed by atoms with Crippen LogP contribution in [-0.2, 0) is 11.2 Å². The molecule has 2 aromatic rings. The van der Waals surface area contributed by atoms with Crippen molar-refractivity contribution in [2.45, 2.75) is 26.2 Å². The average Bonchev–Trinajstić information content (AvgIpc) is 2.93. The SMILES string of the molecule is Cc1cccc2c(CCNC(=O)C3CCCNC3)c[nH]c12. The zero-order chi connectivity index (χ0) is 14.7. The maximum absolute atomic E-state index is 12.1. The minimum absolute atomic E-state index is 0.143. The number of aromatic amines is 1. The molecule has 1 amide bonds. The second-order valence-electron chi connectivity index (χ2n) is 5.90. The molecule has 0 saturated carbocycles. The van der Waals surface area contributed by atoms with Crippen LogP contribution < -0.4 is 10.6 Å². The number of aromatic nitrogens is 1. The van der Waals surface area contributed by atoms with Gasteiger partial charge in [0.25, 0.3) is 0 Å². The number of aryl methyl sites for hydroxylation is 1. The van der Waals surface area contributed by atoms with Gasteiger partial charge in [0.1, 0.15) is 0 Å². The summed E-state index contributed by atoms with van der Waals surface area (Å²) in [4.78, 5) is 15.4. The van der Waals surface area contributed by atoms with Crippen LogP contribution in [0.25, 0.3) is 10.9 Å². The van der Waals surface area contributed by atoms with Crippen molar-refractivity contribution in [3.63, 3.8) is 0 Å². The Balaban J connectivity index is 1.57. The minimum Gasteiger partial charge on any atom is -0.361 e. The molecule has 1 aliphatic rings. The second kappa shape index (κ2) is 6.31. The van der Waals surface area contributed by atoms with Gasteiger partial charge in [-0.05, 0) is 43.9 Å². The van der Waals surface area contributed by atoms with Gasteiger partial charge >= 0.3 is 0 Å². The van der Waals surface area contributed by atoms with Crippen LogP contribution in [0.4, 0.5) is 0 Å². The van der Waals surface area contributed by atoms with Crippen LogP contribution in [-0.4, -0.2) is 30.5 Å². The van der Waals surface area contributed by atoms with Gasteiger partial charge in [-0.2, -0.15) is 0 Å². The summed E-state index contributed by atoms with van der Waals surface area (Å²) >= 11 is 0. The molecule has 1 aromatic heterocycles. The Morgan fingerprint density at radius 1 is 1.43 bits per heavy atom. The first kappa shape index (κ1) is 14.1. The third-order valence-corrected chi connectivity index (χ3v) is 4.37. The van der Waals surface area contributed by atoms with E-state index in [1.807, 2.05) is 0 Å². The van der Waals surface area contributed by atoms with Crippen molar-refractivity contribution in [2.75, 3.05) is 19.6 Å². The van der Waals surface area contributed by atoms with E-state index in [0.29, 0.717) is 6.54 Å². The van der Waals surface area contributed by atoms with Crippen molar-refractivity contribution in [2.24, 2.45) is 5.92 Å². The molecule has 4 heteroatoms. The number of hydrogen-bond acceptors (Lipinski definition) is 2. The predicted octanol–water partition coefficient (Wildman–Crippen LogP) is 2.13. The Labute approximate surface area is 125 Å². The Bertz CT molecular complexity index is 626. The number of benzene rings is 1. The van der Waals surface area contributed by atoms with Crippen molar-refractivity contribution >= 4 is 16.8 Å². The zero-order valence-electron chi connectivity index (χ0n) is 12.5. The molecule has 1 atom stereocenters. The van der Waals surface area contributed by atoms with Crippen LogP contribution in [0.1, 0.15) is 24.0 Å². The summed E-state index contributed by atoms with van der Waals surface area (Å²) in [6, 6.07) is 6.34. The van der Waals surface area contributed by atoms with Gasteiger partial charge < -0.3 is 15.6 Å². The van der Waals surface area contributed by atoms with E-state index in [4.69, 9.17) is 0 Å². The quantitative estimate of drug-likeness (QED) is 0.806. The highest BCUT2D eigenvalue weighted by atomic mass is 16.1. The number of amides is 1. The first-order valence-electron chi connectivity index (χ1n) is 7.79. The maximum atomic E-state index is 12.1. The maximum Gasteiger partial charge on any atom is 0.224 e. The van der Waals surface area contributed by atoms with Gasteiger partial charge in [-0.3, -0.25) is 4.79 Å². The fourth-order valence-electron chi connectivity index (χ4n) is 3.11. The average molecular weight is 285 g/mol. The molecule has 2 heterocycles. The van der Waals surface area contributed by atoms with Crippen LogP contribution >= 0.6 is 0 Å². The Morgan fingerprint density at radius 2 is 2.33 bits per heavy atom. The lowest BCUT2D eigenvalue weighted by Gasteiger charge is -2.21. The standard InChI is InChI=1S/C17H23N3O/c1-12-4-2-6-15-13(11-20-16(12)15)7-9-19-17(21)14-5-3-8-18-10-14/h2,4,6,11,14,18,20H,3,5,7-10H2,1H3,(H,19,21). The molecule has 1 aromatic carbocycles. The van der Waals surface area contributed by atoms with Gasteiger partial charge in [-0.25, -0.2) is 0 Å². The summed E-state index contributed by atoms with van der Waals surface area (Å²) in [5.74, 6) is 0.335. The van der Waals surface area contributed by atoms with E-state index in [0.717, 1.165) is 32.4 Å². The van der Waals surface area contributed by atoms with E-state index in [2.05, 4.69) is 46.9 Å². The van der Waals surface area contributed by atoms with Crippen molar-refractivity contribution < 1.29 is 4.79 Å². The number of H-pyrrole nitrogens is 1. The number of piperidine rings is 1. The van der Waals surface area contributed by atoms with Gasteiger partial charge in [0.2, 0.25) is 5.91 Å². The van der Waals surface area contributed by atoms with Crippen LogP contribution in [0.5, 0.6) is 0 Å². The van der Waals surface area contributed by atoms with E-state index in [9.17, 15) is 4.79 Å². The number of carbonyl (C=O) groups is 1. The largest absolute Gasteiger partial charge is 0.361 e. The van der Waals surface area contributed by atoms with E-state index in [1.54, 1.807) is 0 Å². The second-order valence-corrected chi connectivity index (χ2v) is 5.90. The number of rotatable bonds is 4. The van der Waals surface area contributed by atoms with Crippen molar-refractivity contribution in [3.05, 3.63) is 35.5 Å². The molecule has 0 radical (unpaired) electrons. The van der Waals surface area contributed by atoms with Crippen molar-refractivity contribution in [3.8, 4) is 0 Å². The summed E-state index contributed by atoms with van der Waals surface area (Å²) in [6.45, 7) is 4.67. The van der Waals surface area contributed by atoms with Gasteiger partial charge in [-0.15, -0.1) is 0 Å². The topological polar surface area (TPSA) is 56.9 Å². The highest BCUT2D eigenvalue weighted by Gasteiger charge is 2.20. The molecule has 0 bridgehead atoms. The molecule has 1 fully saturated rings. The molecule has 0 aliphatic carbocycles. The summed E-state index contributed by atoms with van der Waals surface area (Å²) in [6.07, 6.45) is 5.03. The smallest absolute Gasteiger partial charge is 0.224 e. The Morgan fingerprint density at radius 3 is 3.14 bits per heavy atom. The van der Waals surface area contributed by atoms with E-state index in [1.165, 1.54) is 22.0 Å². The van der Waals surface area contributed by atoms with Gasteiger partial charge in [0.15, 0.2) is 0 Å². The predicted molar refractivity (Wildman–Crippen MR) is 85.3 cm³/mol. The fourth-order valence-corrected chi connectivity index (χ4v) is 3.11. The summed E-state index contributed by atoms with van der Waals surface area (Å²) in [5, 5.41) is 7.63. The number of para-hydroxylation sites is 1. The number of nitrogens with one attached hydrogen (secondary N) is 3. The van der Waals surface area contributed by atoms with Gasteiger partial charge in [0.05, 0.1) is 5.92 Å². The molecule has 21 heavy (non-hydrogen) atoms. The molecular weight excluding hydrogens is 262 g/mol. The number of carbonyl (C=O) groups excluding carboxylic acids is 1. The molecule has 4 nitrogen and oxygen atoms in total. The highest BCUT2D eigenvalue weighted by molar-refractivity contribution is 5.86. The fraction of sp³-hybridized carbons (Fsp3) is 0.471. The van der Waals surface area contributed by atoms with Crippen molar-refractivity contribution in [1.82, 2.24) is 15.6 Å². The monoisotopic (exact) mass is 285 g/mol. The van der Waals surface area contributed by atoms with E-state index in [-0.39, 0.29) is 11.8 Å². The number of hydrogen-bond donors (Lipinski definition) is 3. The van der Waals surface area contributed by atoms with Crippen LogP contribution in [0.3, 0.4) is 0 Å². The highest BCUT2D eigenvalue weighted by Crippen LogP contribution is 2.21. The first-order chi connectivity index (χ1) is 10.3. The van der Waals surface area contributed by atoms with E-state index < -0.39 is 0 Å². The zero-order valence-corrected chi connectivity index (χ0v) is 12.5. The summed E-state index contributed by atoms with van der Waals surface area (Å²) in [5.41, 5.74) is 3.74. The molecule has 1 aliphatic heterocycles. The molecular formula is C17H23N3O. The lowest BCUT2D eigenvalue weighted by atomic mass is 9.99. The molecule has 3 rings (SSSR count). The van der Waals surface area contributed by atoms with Crippen LogP contribution in [0, 0.1) is 12.8 Å². The van der Waals surface area contributed by atoms with Crippen molar-refractivity contribution in [1.29, 1.82) is 0 Å². The third kappa shape index (κ3) is 3.10. The lowest BCUT2D eigenvalue weighted by molar-refractivity contribution is -0.125. The Hall–Kier alpha value is -1.81.